The van der Waals surface area contributed by atoms with Gasteiger partial charge in [-0.2, -0.15) is 0 Å². The predicted molar refractivity (Wildman–Crippen MR) is 83.1 cm³/mol. The molecule has 112 valence electrons. The maximum Gasteiger partial charge on any atom is 0.240 e. The molecule has 0 saturated heterocycles. The predicted octanol–water partition coefficient (Wildman–Crippen LogP) is 2.37. The van der Waals surface area contributed by atoms with Crippen molar-refractivity contribution in [2.24, 2.45) is 0 Å². The van der Waals surface area contributed by atoms with E-state index in [4.69, 9.17) is 0 Å². The van der Waals surface area contributed by atoms with Crippen molar-refractivity contribution in [1.82, 2.24) is 9.88 Å². The molecule has 1 heterocycles. The van der Waals surface area contributed by atoms with Crippen LogP contribution in [0, 0.1) is 6.92 Å². The molecule has 0 spiro atoms. The third kappa shape index (κ3) is 3.10. The zero-order valence-electron chi connectivity index (χ0n) is 12.4. The second-order valence-electron chi connectivity index (χ2n) is 6.00. The Morgan fingerprint density at radius 3 is 2.76 bits per heavy atom. The van der Waals surface area contributed by atoms with Crippen LogP contribution in [0.15, 0.2) is 30.3 Å². The van der Waals surface area contributed by atoms with E-state index in [1.54, 1.807) is 0 Å². The third-order valence-corrected chi connectivity index (χ3v) is 4.38. The Bertz CT molecular complexity index is 639. The maximum atomic E-state index is 12.3. The number of rotatable bonds is 3. The van der Waals surface area contributed by atoms with E-state index in [0.29, 0.717) is 6.54 Å². The highest BCUT2D eigenvalue weighted by Gasteiger charge is 2.21. The average molecular weight is 286 g/mol. The number of aliphatic hydroxyl groups is 1. The number of para-hydroxylation sites is 1. The molecule has 2 N–H and O–H groups in total. The molecule has 0 radical (unpaired) electrons. The van der Waals surface area contributed by atoms with E-state index in [2.05, 4.69) is 22.0 Å². The first-order chi connectivity index (χ1) is 10.1. The molecule has 0 aliphatic heterocycles. The minimum atomic E-state index is -0.186. The topological polar surface area (TPSA) is 54.3 Å². The van der Waals surface area contributed by atoms with Crippen molar-refractivity contribution in [3.63, 3.8) is 0 Å². The summed E-state index contributed by atoms with van der Waals surface area (Å²) in [5, 5.41) is 13.8. The molecule has 0 atom stereocenters. The van der Waals surface area contributed by atoms with E-state index in [1.807, 2.05) is 25.1 Å². The van der Waals surface area contributed by atoms with E-state index in [-0.39, 0.29) is 18.1 Å². The molecule has 21 heavy (non-hydrogen) atoms. The summed E-state index contributed by atoms with van der Waals surface area (Å²) in [5.41, 5.74) is 2.20. The smallest absolute Gasteiger partial charge is 0.240 e. The van der Waals surface area contributed by atoms with Crippen molar-refractivity contribution >= 4 is 16.8 Å². The fraction of sp³-hybridized carbons (Fsp3) is 0.471. The number of hydrogen-bond acceptors (Lipinski definition) is 2. The van der Waals surface area contributed by atoms with Crippen LogP contribution in [-0.4, -0.2) is 27.7 Å². The van der Waals surface area contributed by atoms with Crippen LogP contribution < -0.4 is 5.32 Å². The number of aliphatic hydroxyl groups excluding tert-OH is 1. The van der Waals surface area contributed by atoms with Crippen molar-refractivity contribution in [1.29, 1.82) is 0 Å². The van der Waals surface area contributed by atoms with Gasteiger partial charge in [0.15, 0.2) is 0 Å². The van der Waals surface area contributed by atoms with Crippen LogP contribution in [0.4, 0.5) is 0 Å². The number of benzene rings is 1. The maximum absolute atomic E-state index is 12.3. The largest absolute Gasteiger partial charge is 0.393 e. The Hall–Kier alpha value is -1.81. The lowest BCUT2D eigenvalue weighted by Gasteiger charge is -2.26. The van der Waals surface area contributed by atoms with Gasteiger partial charge in [-0.05, 0) is 50.1 Å². The standard InChI is InChI=1S/C17H22N2O2/c1-12-10-13-4-2-3-5-16(13)19(12)11-17(21)18-14-6-8-15(20)9-7-14/h2-5,10,14-15,20H,6-9,11H2,1H3,(H,18,21). The summed E-state index contributed by atoms with van der Waals surface area (Å²) >= 11 is 0. The van der Waals surface area contributed by atoms with Gasteiger partial charge in [0.05, 0.1) is 6.10 Å². The first kappa shape index (κ1) is 14.1. The summed E-state index contributed by atoms with van der Waals surface area (Å²) in [4.78, 5) is 12.3. The van der Waals surface area contributed by atoms with Gasteiger partial charge in [-0.1, -0.05) is 18.2 Å². The number of carbonyl (C=O) groups is 1. The Balaban J connectivity index is 1.67. The number of carbonyl (C=O) groups excluding carboxylic acids is 1. The van der Waals surface area contributed by atoms with Gasteiger partial charge in [0.2, 0.25) is 5.91 Å². The number of nitrogens with zero attached hydrogens (tertiary/aromatic N) is 1. The molecule has 3 rings (SSSR count). The molecule has 1 aromatic heterocycles. The van der Waals surface area contributed by atoms with E-state index in [0.717, 1.165) is 36.9 Å². The van der Waals surface area contributed by atoms with Gasteiger partial charge in [0.1, 0.15) is 6.54 Å². The van der Waals surface area contributed by atoms with Crippen molar-refractivity contribution < 1.29 is 9.90 Å². The first-order valence-corrected chi connectivity index (χ1v) is 7.66. The number of amides is 1. The number of aryl methyl sites for hydroxylation is 1. The average Bonchev–Trinajstić information content (AvgIpc) is 2.78. The zero-order valence-corrected chi connectivity index (χ0v) is 12.4. The molecular weight excluding hydrogens is 264 g/mol. The molecule has 0 unspecified atom stereocenters. The second kappa shape index (κ2) is 5.90. The Kier molecular flexibility index (Phi) is 3.97. The van der Waals surface area contributed by atoms with E-state index in [1.165, 1.54) is 5.39 Å². The normalized spacial score (nSPS) is 22.4. The molecule has 4 nitrogen and oxygen atoms in total. The Morgan fingerprint density at radius 1 is 1.29 bits per heavy atom. The quantitative estimate of drug-likeness (QED) is 0.910. The van der Waals surface area contributed by atoms with Gasteiger partial charge in [-0.3, -0.25) is 4.79 Å². The second-order valence-corrected chi connectivity index (χ2v) is 6.00. The molecule has 0 bridgehead atoms. The lowest BCUT2D eigenvalue weighted by atomic mass is 9.93. The highest BCUT2D eigenvalue weighted by molar-refractivity contribution is 5.84. The minimum absolute atomic E-state index is 0.0563. The summed E-state index contributed by atoms with van der Waals surface area (Å²) in [5.74, 6) is 0.0563. The van der Waals surface area contributed by atoms with Crippen molar-refractivity contribution in [2.75, 3.05) is 0 Å². The Morgan fingerprint density at radius 2 is 2.00 bits per heavy atom. The number of nitrogens with one attached hydrogen (secondary N) is 1. The summed E-state index contributed by atoms with van der Waals surface area (Å²) < 4.78 is 2.06. The SMILES string of the molecule is Cc1cc2ccccc2n1CC(=O)NC1CCC(O)CC1. The molecule has 1 aliphatic rings. The van der Waals surface area contributed by atoms with Crippen molar-refractivity contribution in [3.8, 4) is 0 Å². The van der Waals surface area contributed by atoms with Crippen LogP contribution in [0.3, 0.4) is 0 Å². The van der Waals surface area contributed by atoms with Gasteiger partial charge in [-0.15, -0.1) is 0 Å². The summed E-state index contributed by atoms with van der Waals surface area (Å²) in [7, 11) is 0. The monoisotopic (exact) mass is 286 g/mol. The molecule has 2 aromatic rings. The zero-order chi connectivity index (χ0) is 14.8. The van der Waals surface area contributed by atoms with Crippen LogP contribution in [0.5, 0.6) is 0 Å². The molecule has 1 aliphatic carbocycles. The fourth-order valence-corrected chi connectivity index (χ4v) is 3.20. The van der Waals surface area contributed by atoms with Crippen molar-refractivity contribution in [3.05, 3.63) is 36.0 Å². The van der Waals surface area contributed by atoms with E-state index < -0.39 is 0 Å². The van der Waals surface area contributed by atoms with Crippen molar-refractivity contribution in [2.45, 2.75) is 51.3 Å². The van der Waals surface area contributed by atoms with E-state index >= 15 is 0 Å². The lowest BCUT2D eigenvalue weighted by molar-refractivity contribution is -0.122. The van der Waals surface area contributed by atoms with Crippen LogP contribution in [0.1, 0.15) is 31.4 Å². The third-order valence-electron chi connectivity index (χ3n) is 4.38. The molecule has 1 amide bonds. The van der Waals surface area contributed by atoms with Gasteiger partial charge in [-0.25, -0.2) is 0 Å². The van der Waals surface area contributed by atoms with Gasteiger partial charge in [0.25, 0.3) is 0 Å². The van der Waals surface area contributed by atoms with Crippen LogP contribution in [0.25, 0.3) is 10.9 Å². The highest BCUT2D eigenvalue weighted by Crippen LogP contribution is 2.20. The van der Waals surface area contributed by atoms with Crippen LogP contribution in [-0.2, 0) is 11.3 Å². The van der Waals surface area contributed by atoms with Gasteiger partial charge in [0, 0.05) is 17.3 Å². The molecule has 1 fully saturated rings. The Labute approximate surface area is 124 Å². The summed E-state index contributed by atoms with van der Waals surface area (Å²) in [6.07, 6.45) is 3.14. The molecule has 1 aromatic carbocycles. The van der Waals surface area contributed by atoms with Gasteiger partial charge >= 0.3 is 0 Å². The lowest BCUT2D eigenvalue weighted by Crippen LogP contribution is -2.40. The summed E-state index contributed by atoms with van der Waals surface area (Å²) in [6, 6.07) is 10.5. The number of aromatic nitrogens is 1. The molecular formula is C17H22N2O2. The first-order valence-electron chi connectivity index (χ1n) is 7.66. The van der Waals surface area contributed by atoms with Crippen LogP contribution in [0.2, 0.25) is 0 Å². The number of fused-ring (bicyclic) bond motifs is 1. The van der Waals surface area contributed by atoms with Crippen LogP contribution >= 0.6 is 0 Å². The molecule has 4 heteroatoms. The summed E-state index contributed by atoms with van der Waals surface area (Å²) in [6.45, 7) is 2.39. The van der Waals surface area contributed by atoms with E-state index in [9.17, 15) is 9.90 Å². The van der Waals surface area contributed by atoms with Gasteiger partial charge < -0.3 is 15.0 Å². The fourth-order valence-electron chi connectivity index (χ4n) is 3.20. The minimum Gasteiger partial charge on any atom is -0.393 e. The molecule has 1 saturated carbocycles. The number of hydrogen-bond donors (Lipinski definition) is 2. The highest BCUT2D eigenvalue weighted by atomic mass is 16.3.